The molecule has 1 rings (SSSR count). The molecule has 3 heteroatoms. The molecule has 0 amide bonds. The molecule has 0 aromatic carbocycles. The first-order chi connectivity index (χ1) is 8.56. The molecule has 0 saturated carbocycles. The van der Waals surface area contributed by atoms with Crippen molar-refractivity contribution in [3.05, 3.63) is 0 Å². The highest BCUT2D eigenvalue weighted by Crippen LogP contribution is 2.19. The molecule has 0 radical (unpaired) electrons. The van der Waals surface area contributed by atoms with Crippen LogP contribution in [0.3, 0.4) is 0 Å². The van der Waals surface area contributed by atoms with E-state index in [1.54, 1.807) is 0 Å². The lowest BCUT2D eigenvalue weighted by Gasteiger charge is -2.41. The zero-order valence-corrected chi connectivity index (χ0v) is 13.1. The van der Waals surface area contributed by atoms with Gasteiger partial charge in [-0.2, -0.15) is 0 Å². The zero-order chi connectivity index (χ0) is 13.5. The van der Waals surface area contributed by atoms with Crippen LogP contribution in [-0.2, 0) is 0 Å². The Morgan fingerprint density at radius 1 is 1.33 bits per heavy atom. The second-order valence-electron chi connectivity index (χ2n) is 6.18. The molecular formula is C15H33N3. The lowest BCUT2D eigenvalue weighted by Crippen LogP contribution is -2.51. The van der Waals surface area contributed by atoms with Gasteiger partial charge in [-0.25, -0.2) is 0 Å². The minimum absolute atomic E-state index is 0.692. The molecule has 1 heterocycles. The minimum Gasteiger partial charge on any atom is -0.316 e. The molecule has 1 fully saturated rings. The molecule has 0 aromatic rings. The van der Waals surface area contributed by atoms with E-state index in [9.17, 15) is 0 Å². The quantitative estimate of drug-likeness (QED) is 0.702. The summed E-state index contributed by atoms with van der Waals surface area (Å²) in [6, 6.07) is 1.44. The predicted octanol–water partition coefficient (Wildman–Crippen LogP) is 2.04. The van der Waals surface area contributed by atoms with E-state index < -0.39 is 0 Å². The van der Waals surface area contributed by atoms with E-state index in [4.69, 9.17) is 0 Å². The topological polar surface area (TPSA) is 18.5 Å². The average molecular weight is 255 g/mol. The monoisotopic (exact) mass is 255 g/mol. The Morgan fingerprint density at radius 2 is 2.06 bits per heavy atom. The number of likely N-dealkylation sites (N-methyl/N-ethyl adjacent to an activating group) is 1. The number of rotatable bonds is 7. The predicted molar refractivity (Wildman–Crippen MR) is 80.1 cm³/mol. The molecule has 1 N–H and O–H groups in total. The van der Waals surface area contributed by atoms with Gasteiger partial charge in [-0.05, 0) is 65.8 Å². The van der Waals surface area contributed by atoms with Crippen LogP contribution in [0.1, 0.15) is 40.0 Å². The largest absolute Gasteiger partial charge is 0.316 e. The molecule has 1 saturated heterocycles. The van der Waals surface area contributed by atoms with E-state index in [0.29, 0.717) is 6.04 Å². The van der Waals surface area contributed by atoms with Gasteiger partial charge in [0.2, 0.25) is 0 Å². The molecule has 0 spiro atoms. The normalized spacial score (nSPS) is 25.3. The molecule has 1 aliphatic heterocycles. The van der Waals surface area contributed by atoms with Crippen LogP contribution in [0.4, 0.5) is 0 Å². The van der Waals surface area contributed by atoms with Crippen LogP contribution in [-0.4, -0.2) is 62.2 Å². The van der Waals surface area contributed by atoms with E-state index in [1.165, 1.54) is 32.4 Å². The third-order valence-electron chi connectivity index (χ3n) is 4.45. The third kappa shape index (κ3) is 4.87. The van der Waals surface area contributed by atoms with Crippen molar-refractivity contribution >= 4 is 0 Å². The van der Waals surface area contributed by atoms with Crippen molar-refractivity contribution in [2.45, 2.75) is 52.1 Å². The highest BCUT2D eigenvalue weighted by atomic mass is 15.2. The van der Waals surface area contributed by atoms with Crippen molar-refractivity contribution in [2.75, 3.05) is 40.3 Å². The van der Waals surface area contributed by atoms with Gasteiger partial charge in [-0.15, -0.1) is 0 Å². The molecule has 18 heavy (non-hydrogen) atoms. The molecule has 0 aliphatic carbocycles. The fourth-order valence-corrected chi connectivity index (χ4v) is 2.81. The van der Waals surface area contributed by atoms with E-state index >= 15 is 0 Å². The van der Waals surface area contributed by atoms with E-state index in [1.807, 2.05) is 0 Å². The van der Waals surface area contributed by atoms with Gasteiger partial charge < -0.3 is 10.2 Å². The van der Waals surface area contributed by atoms with Gasteiger partial charge in [0.25, 0.3) is 0 Å². The highest BCUT2D eigenvalue weighted by Gasteiger charge is 2.27. The SMILES string of the molecule is CCCNCC(C)C(C)N1CCCC(N(C)C)C1. The van der Waals surface area contributed by atoms with Gasteiger partial charge in [0.1, 0.15) is 0 Å². The van der Waals surface area contributed by atoms with E-state index in [-0.39, 0.29) is 0 Å². The Bertz CT molecular complexity index is 218. The maximum absolute atomic E-state index is 3.55. The van der Waals surface area contributed by atoms with Crippen LogP contribution in [0.25, 0.3) is 0 Å². The Balaban J connectivity index is 2.37. The lowest BCUT2D eigenvalue weighted by atomic mass is 9.97. The molecule has 0 aromatic heterocycles. The lowest BCUT2D eigenvalue weighted by molar-refractivity contribution is 0.0801. The van der Waals surface area contributed by atoms with Crippen molar-refractivity contribution in [3.63, 3.8) is 0 Å². The molecule has 3 nitrogen and oxygen atoms in total. The first-order valence-corrected chi connectivity index (χ1v) is 7.67. The van der Waals surface area contributed by atoms with Crippen molar-refractivity contribution in [1.82, 2.24) is 15.1 Å². The summed E-state index contributed by atoms with van der Waals surface area (Å²) < 4.78 is 0. The van der Waals surface area contributed by atoms with Crippen molar-refractivity contribution in [2.24, 2.45) is 5.92 Å². The zero-order valence-electron chi connectivity index (χ0n) is 13.1. The van der Waals surface area contributed by atoms with Crippen molar-refractivity contribution in [1.29, 1.82) is 0 Å². The number of nitrogens with one attached hydrogen (secondary N) is 1. The van der Waals surface area contributed by atoms with Crippen LogP contribution in [0.2, 0.25) is 0 Å². The summed E-state index contributed by atoms with van der Waals surface area (Å²) in [6.45, 7) is 11.8. The molecule has 0 bridgehead atoms. The smallest absolute Gasteiger partial charge is 0.0217 e. The molecular weight excluding hydrogens is 222 g/mol. The summed E-state index contributed by atoms with van der Waals surface area (Å²) >= 11 is 0. The number of hydrogen-bond acceptors (Lipinski definition) is 3. The van der Waals surface area contributed by atoms with Crippen molar-refractivity contribution in [3.8, 4) is 0 Å². The van der Waals surface area contributed by atoms with Crippen LogP contribution >= 0.6 is 0 Å². The second kappa shape index (κ2) is 8.13. The van der Waals surface area contributed by atoms with Crippen molar-refractivity contribution < 1.29 is 0 Å². The van der Waals surface area contributed by atoms with E-state index in [2.05, 4.69) is 50.0 Å². The maximum Gasteiger partial charge on any atom is 0.0217 e. The summed E-state index contributed by atoms with van der Waals surface area (Å²) in [5.41, 5.74) is 0. The maximum atomic E-state index is 3.55. The summed E-state index contributed by atoms with van der Waals surface area (Å²) in [4.78, 5) is 5.07. The number of nitrogens with zero attached hydrogens (tertiary/aromatic N) is 2. The Kier molecular flexibility index (Phi) is 7.20. The van der Waals surface area contributed by atoms with Gasteiger partial charge in [-0.1, -0.05) is 13.8 Å². The summed E-state index contributed by atoms with van der Waals surface area (Å²) in [5.74, 6) is 0.734. The first-order valence-electron chi connectivity index (χ1n) is 7.67. The Morgan fingerprint density at radius 3 is 2.67 bits per heavy atom. The summed E-state index contributed by atoms with van der Waals surface area (Å²) in [6.07, 6.45) is 3.94. The fourth-order valence-electron chi connectivity index (χ4n) is 2.81. The second-order valence-corrected chi connectivity index (χ2v) is 6.18. The van der Waals surface area contributed by atoms with Gasteiger partial charge in [0.05, 0.1) is 0 Å². The first kappa shape index (κ1) is 15.9. The van der Waals surface area contributed by atoms with Gasteiger partial charge >= 0.3 is 0 Å². The Hall–Kier alpha value is -0.120. The van der Waals surface area contributed by atoms with Crippen LogP contribution in [0, 0.1) is 5.92 Å². The summed E-state index contributed by atoms with van der Waals surface area (Å²) in [5, 5.41) is 3.55. The molecule has 108 valence electrons. The summed E-state index contributed by atoms with van der Waals surface area (Å²) in [7, 11) is 4.43. The number of likely N-dealkylation sites (tertiary alicyclic amines) is 1. The minimum atomic E-state index is 0.692. The average Bonchev–Trinajstić information content (AvgIpc) is 2.38. The third-order valence-corrected chi connectivity index (χ3v) is 4.45. The van der Waals surface area contributed by atoms with Gasteiger partial charge in [-0.3, -0.25) is 4.90 Å². The van der Waals surface area contributed by atoms with Crippen LogP contribution < -0.4 is 5.32 Å². The Labute approximate surface area is 114 Å². The van der Waals surface area contributed by atoms with Gasteiger partial charge in [0, 0.05) is 18.6 Å². The molecule has 3 atom stereocenters. The fraction of sp³-hybridized carbons (Fsp3) is 1.00. The molecule has 3 unspecified atom stereocenters. The van der Waals surface area contributed by atoms with E-state index in [0.717, 1.165) is 25.0 Å². The number of hydrogen-bond donors (Lipinski definition) is 1. The highest BCUT2D eigenvalue weighted by molar-refractivity contribution is 4.83. The van der Waals surface area contributed by atoms with Crippen LogP contribution in [0.15, 0.2) is 0 Å². The number of piperidine rings is 1. The molecule has 1 aliphatic rings. The standard InChI is InChI=1S/C15H33N3/c1-6-9-16-11-13(2)14(3)18-10-7-8-15(12-18)17(4)5/h13-16H,6-12H2,1-5H3. The van der Waals surface area contributed by atoms with Gasteiger partial charge in [0.15, 0.2) is 0 Å². The van der Waals surface area contributed by atoms with Crippen LogP contribution in [0.5, 0.6) is 0 Å².